The van der Waals surface area contributed by atoms with Crippen molar-refractivity contribution in [3.63, 3.8) is 0 Å². The quantitative estimate of drug-likeness (QED) is 0.368. The number of ketones is 1. The molecule has 152 valence electrons. The summed E-state index contributed by atoms with van der Waals surface area (Å²) in [5, 5.41) is 13.0. The third-order valence-electron chi connectivity index (χ3n) is 4.83. The zero-order chi connectivity index (χ0) is 21.1. The fraction of sp³-hybridized carbons (Fsp3) is 0.174. The van der Waals surface area contributed by atoms with Gasteiger partial charge in [-0.2, -0.15) is 0 Å². The highest BCUT2D eigenvalue weighted by atomic mass is 32.1. The smallest absolute Gasteiger partial charge is 0.296 e. The molecule has 0 saturated carbocycles. The maximum absolute atomic E-state index is 13.0. The second-order valence-electron chi connectivity index (χ2n) is 6.72. The summed E-state index contributed by atoms with van der Waals surface area (Å²) in [5.74, 6) is -1.04. The van der Waals surface area contributed by atoms with Crippen LogP contribution in [0.2, 0.25) is 0 Å². The van der Waals surface area contributed by atoms with Crippen molar-refractivity contribution < 1.29 is 19.4 Å². The van der Waals surface area contributed by atoms with Crippen LogP contribution in [0.3, 0.4) is 0 Å². The van der Waals surface area contributed by atoms with Gasteiger partial charge in [0.1, 0.15) is 17.6 Å². The van der Waals surface area contributed by atoms with Gasteiger partial charge < -0.3 is 14.7 Å². The van der Waals surface area contributed by atoms with Crippen LogP contribution in [0.4, 0.5) is 0 Å². The van der Waals surface area contributed by atoms with Crippen LogP contribution in [0.15, 0.2) is 71.7 Å². The first-order valence-electron chi connectivity index (χ1n) is 9.55. The Morgan fingerprint density at radius 2 is 2.03 bits per heavy atom. The molecule has 0 bridgehead atoms. The van der Waals surface area contributed by atoms with Gasteiger partial charge in [0, 0.05) is 16.6 Å². The minimum absolute atomic E-state index is 0.0314. The molecule has 1 aliphatic heterocycles. The number of likely N-dealkylation sites (tertiary alicyclic amines) is 1. The molecule has 1 fully saturated rings. The van der Waals surface area contributed by atoms with E-state index in [2.05, 4.69) is 4.98 Å². The van der Waals surface area contributed by atoms with Crippen LogP contribution >= 0.6 is 11.3 Å². The molecule has 1 amide bonds. The fourth-order valence-corrected chi connectivity index (χ4v) is 4.22. The lowest BCUT2D eigenvalue weighted by atomic mass is 9.98. The summed E-state index contributed by atoms with van der Waals surface area (Å²) < 4.78 is 5.50. The molecular weight excluding hydrogens is 400 g/mol. The van der Waals surface area contributed by atoms with Gasteiger partial charge in [0.25, 0.3) is 11.7 Å². The van der Waals surface area contributed by atoms with Gasteiger partial charge in [0.2, 0.25) is 0 Å². The summed E-state index contributed by atoms with van der Waals surface area (Å²) in [4.78, 5) is 32.7. The number of ether oxygens (including phenoxy) is 1. The standard InChI is InChI=1S/C23H20N2O4S/c1-2-29-16-8-5-7-15(13-16)21(26)19-20(18-10-3-4-11-24-18)25(23(28)22(19)27)14-17-9-6-12-30-17/h3-13,20,26H,2,14H2,1H3/b21-19-. The molecule has 0 spiro atoms. The molecule has 1 aliphatic rings. The van der Waals surface area contributed by atoms with Crippen LogP contribution in [0, 0.1) is 0 Å². The molecule has 1 N–H and O–H groups in total. The molecule has 7 heteroatoms. The van der Waals surface area contributed by atoms with E-state index in [1.807, 2.05) is 24.4 Å². The molecule has 3 heterocycles. The average molecular weight is 420 g/mol. The number of benzene rings is 1. The monoisotopic (exact) mass is 420 g/mol. The largest absolute Gasteiger partial charge is 0.507 e. The molecule has 0 radical (unpaired) electrons. The summed E-state index contributed by atoms with van der Waals surface area (Å²) in [6, 6.07) is 15.2. The van der Waals surface area contributed by atoms with Crippen molar-refractivity contribution in [3.8, 4) is 5.75 Å². The van der Waals surface area contributed by atoms with Crippen molar-refractivity contribution in [3.05, 3.63) is 87.9 Å². The van der Waals surface area contributed by atoms with Crippen molar-refractivity contribution in [1.82, 2.24) is 9.88 Å². The van der Waals surface area contributed by atoms with Gasteiger partial charge in [0.05, 0.1) is 24.4 Å². The summed E-state index contributed by atoms with van der Waals surface area (Å²) in [6.07, 6.45) is 1.61. The second kappa shape index (κ2) is 8.51. The molecule has 2 aromatic heterocycles. The third-order valence-corrected chi connectivity index (χ3v) is 5.69. The number of carbonyl (C=O) groups is 2. The van der Waals surface area contributed by atoms with Crippen LogP contribution in [-0.2, 0) is 16.1 Å². The molecule has 30 heavy (non-hydrogen) atoms. The number of carbonyl (C=O) groups excluding carboxylic acids is 2. The molecule has 6 nitrogen and oxygen atoms in total. The van der Waals surface area contributed by atoms with E-state index in [9.17, 15) is 14.7 Å². The van der Waals surface area contributed by atoms with E-state index in [0.29, 0.717) is 23.6 Å². The maximum Gasteiger partial charge on any atom is 0.296 e. The SMILES string of the molecule is CCOc1cccc(/C(O)=C2/C(=O)C(=O)N(Cc3cccs3)C2c2ccccn2)c1. The van der Waals surface area contributed by atoms with Gasteiger partial charge in [-0.1, -0.05) is 24.3 Å². The Morgan fingerprint density at radius 3 is 2.73 bits per heavy atom. The lowest BCUT2D eigenvalue weighted by molar-refractivity contribution is -0.140. The highest BCUT2D eigenvalue weighted by Gasteiger charge is 2.46. The van der Waals surface area contributed by atoms with Gasteiger partial charge in [-0.15, -0.1) is 11.3 Å². The number of Topliss-reactive ketones (excluding diaryl/α,β-unsaturated/α-hetero) is 1. The fourth-order valence-electron chi connectivity index (χ4n) is 3.51. The highest BCUT2D eigenvalue weighted by molar-refractivity contribution is 7.09. The van der Waals surface area contributed by atoms with Crippen molar-refractivity contribution >= 4 is 28.8 Å². The van der Waals surface area contributed by atoms with E-state index >= 15 is 0 Å². The van der Waals surface area contributed by atoms with E-state index in [4.69, 9.17) is 4.74 Å². The second-order valence-corrected chi connectivity index (χ2v) is 7.75. The number of thiophene rings is 1. The number of amides is 1. The normalized spacial score (nSPS) is 18.0. The number of rotatable bonds is 6. The number of hydrogen-bond acceptors (Lipinski definition) is 6. The van der Waals surface area contributed by atoms with E-state index in [0.717, 1.165) is 4.88 Å². The van der Waals surface area contributed by atoms with Crippen molar-refractivity contribution in [1.29, 1.82) is 0 Å². The summed E-state index contributed by atoms with van der Waals surface area (Å²) in [7, 11) is 0. The highest BCUT2D eigenvalue weighted by Crippen LogP contribution is 2.40. The van der Waals surface area contributed by atoms with Gasteiger partial charge in [-0.3, -0.25) is 14.6 Å². The predicted octanol–water partition coefficient (Wildman–Crippen LogP) is 4.16. The Morgan fingerprint density at radius 1 is 1.17 bits per heavy atom. The van der Waals surface area contributed by atoms with E-state index < -0.39 is 17.7 Å². The number of aliphatic hydroxyl groups excluding tert-OH is 1. The van der Waals surface area contributed by atoms with Gasteiger partial charge in [-0.05, 0) is 42.6 Å². The van der Waals surface area contributed by atoms with Crippen LogP contribution in [0.1, 0.15) is 29.1 Å². The van der Waals surface area contributed by atoms with Gasteiger partial charge in [0.15, 0.2) is 0 Å². The molecule has 1 saturated heterocycles. The van der Waals surface area contributed by atoms with Crippen molar-refractivity contribution in [2.24, 2.45) is 0 Å². The first-order valence-corrected chi connectivity index (χ1v) is 10.4. The zero-order valence-corrected chi connectivity index (χ0v) is 17.1. The Hall–Kier alpha value is -3.45. The van der Waals surface area contributed by atoms with E-state index in [1.54, 1.807) is 48.7 Å². The van der Waals surface area contributed by atoms with Crippen molar-refractivity contribution in [2.75, 3.05) is 6.61 Å². The zero-order valence-electron chi connectivity index (χ0n) is 16.3. The maximum atomic E-state index is 13.0. The topological polar surface area (TPSA) is 79.7 Å². The Bertz CT molecular complexity index is 1090. The summed E-state index contributed by atoms with van der Waals surface area (Å²) in [6.45, 7) is 2.60. The molecule has 3 aromatic rings. The lowest BCUT2D eigenvalue weighted by Gasteiger charge is -2.24. The molecule has 1 aromatic carbocycles. The molecule has 1 atom stereocenters. The van der Waals surface area contributed by atoms with Crippen molar-refractivity contribution in [2.45, 2.75) is 19.5 Å². The van der Waals surface area contributed by atoms with Gasteiger partial charge >= 0.3 is 0 Å². The first kappa shape index (κ1) is 19.8. The Kier molecular flexibility index (Phi) is 5.63. The van der Waals surface area contributed by atoms with Crippen LogP contribution < -0.4 is 4.74 Å². The van der Waals surface area contributed by atoms with Crippen LogP contribution in [-0.4, -0.2) is 33.3 Å². The lowest BCUT2D eigenvalue weighted by Crippen LogP contribution is -2.29. The number of aromatic nitrogens is 1. The Balaban J connectivity index is 1.84. The minimum atomic E-state index is -0.774. The minimum Gasteiger partial charge on any atom is -0.507 e. The predicted molar refractivity (Wildman–Crippen MR) is 114 cm³/mol. The average Bonchev–Trinajstić information content (AvgIpc) is 3.37. The van der Waals surface area contributed by atoms with Gasteiger partial charge in [-0.25, -0.2) is 0 Å². The summed E-state index contributed by atoms with van der Waals surface area (Å²) >= 11 is 1.50. The van der Waals surface area contributed by atoms with Crippen LogP contribution in [0.25, 0.3) is 5.76 Å². The summed E-state index contributed by atoms with van der Waals surface area (Å²) in [5.41, 5.74) is 0.968. The van der Waals surface area contributed by atoms with Crippen LogP contribution in [0.5, 0.6) is 5.75 Å². The molecule has 4 rings (SSSR count). The molecular formula is C23H20N2O4S. The molecule has 0 aliphatic carbocycles. The first-order chi connectivity index (χ1) is 14.6. The van der Waals surface area contributed by atoms with E-state index in [1.165, 1.54) is 16.2 Å². The van der Waals surface area contributed by atoms with E-state index in [-0.39, 0.29) is 17.9 Å². The Labute approximate surface area is 178 Å². The molecule has 1 unspecified atom stereocenters. The third kappa shape index (κ3) is 3.71. The number of nitrogens with zero attached hydrogens (tertiary/aromatic N) is 2. The number of hydrogen-bond donors (Lipinski definition) is 1. The number of pyridine rings is 1. The number of aliphatic hydroxyl groups is 1.